The van der Waals surface area contributed by atoms with E-state index in [-0.39, 0.29) is 5.91 Å². The van der Waals surface area contributed by atoms with Gasteiger partial charge in [0.2, 0.25) is 0 Å². The van der Waals surface area contributed by atoms with Crippen LogP contribution in [0.3, 0.4) is 0 Å². The van der Waals surface area contributed by atoms with Crippen molar-refractivity contribution in [3.63, 3.8) is 0 Å². The summed E-state index contributed by atoms with van der Waals surface area (Å²) in [4.78, 5) is 12.7. The van der Waals surface area contributed by atoms with Crippen molar-refractivity contribution in [1.29, 1.82) is 0 Å². The summed E-state index contributed by atoms with van der Waals surface area (Å²) in [7, 11) is 0. The lowest BCUT2D eigenvalue weighted by Gasteiger charge is -2.06. The third kappa shape index (κ3) is 4.95. The van der Waals surface area contributed by atoms with Gasteiger partial charge in [0.25, 0.3) is 5.91 Å². The van der Waals surface area contributed by atoms with Crippen molar-refractivity contribution in [3.8, 4) is 17.6 Å². The molecule has 2 rings (SSSR count). The van der Waals surface area contributed by atoms with Gasteiger partial charge in [-0.15, -0.1) is 11.3 Å². The molecule has 21 heavy (non-hydrogen) atoms. The first-order valence-corrected chi connectivity index (χ1v) is 7.41. The molecule has 0 bridgehead atoms. The van der Waals surface area contributed by atoms with Crippen LogP contribution in [0.5, 0.6) is 5.75 Å². The number of carbonyl (C=O) groups is 1. The standard InChI is InChI=1S/C16H16N2O2S/c17-8-4-7-15-11-13(12-21-15)16(19)18-9-10-20-14-5-2-1-3-6-14/h1-3,5-6,11-12H,8-10,17H2,(H,18,19). The summed E-state index contributed by atoms with van der Waals surface area (Å²) in [5.41, 5.74) is 5.92. The number of nitrogens with two attached hydrogens (primary N) is 1. The smallest absolute Gasteiger partial charge is 0.252 e. The number of nitrogens with one attached hydrogen (secondary N) is 1. The van der Waals surface area contributed by atoms with E-state index in [2.05, 4.69) is 17.2 Å². The Hall–Kier alpha value is -2.29. The van der Waals surface area contributed by atoms with E-state index in [0.717, 1.165) is 10.6 Å². The van der Waals surface area contributed by atoms with Crippen LogP contribution in [0, 0.1) is 11.8 Å². The highest BCUT2D eigenvalue weighted by molar-refractivity contribution is 7.10. The number of thiophene rings is 1. The lowest BCUT2D eigenvalue weighted by Crippen LogP contribution is -2.27. The fourth-order valence-corrected chi connectivity index (χ4v) is 2.37. The van der Waals surface area contributed by atoms with E-state index in [1.165, 1.54) is 11.3 Å². The van der Waals surface area contributed by atoms with Gasteiger partial charge in [-0.3, -0.25) is 4.79 Å². The van der Waals surface area contributed by atoms with Crippen LogP contribution in [0.15, 0.2) is 41.8 Å². The molecule has 0 aliphatic rings. The summed E-state index contributed by atoms with van der Waals surface area (Å²) in [6, 6.07) is 11.3. The van der Waals surface area contributed by atoms with Crippen LogP contribution < -0.4 is 15.8 Å². The molecule has 0 radical (unpaired) electrons. The van der Waals surface area contributed by atoms with Gasteiger partial charge in [0.15, 0.2) is 0 Å². The SMILES string of the molecule is NCC#Cc1cc(C(=O)NCCOc2ccccc2)cs1. The second kappa shape index (κ2) is 8.10. The Morgan fingerprint density at radius 1 is 1.33 bits per heavy atom. The first-order valence-electron chi connectivity index (χ1n) is 6.53. The first-order chi connectivity index (χ1) is 10.3. The van der Waals surface area contributed by atoms with E-state index in [1.807, 2.05) is 30.3 Å². The van der Waals surface area contributed by atoms with Gasteiger partial charge in [-0.1, -0.05) is 30.0 Å². The van der Waals surface area contributed by atoms with Crippen LogP contribution >= 0.6 is 11.3 Å². The minimum absolute atomic E-state index is 0.122. The molecule has 1 aromatic heterocycles. The molecule has 0 aliphatic carbocycles. The predicted octanol–water partition coefficient (Wildman–Crippen LogP) is 1.87. The van der Waals surface area contributed by atoms with Crippen LogP contribution in [0.2, 0.25) is 0 Å². The van der Waals surface area contributed by atoms with Crippen LogP contribution in [0.25, 0.3) is 0 Å². The molecule has 1 amide bonds. The molecule has 0 fully saturated rings. The molecule has 0 atom stereocenters. The van der Waals surface area contributed by atoms with Gasteiger partial charge in [0, 0.05) is 5.38 Å². The number of benzene rings is 1. The number of carbonyl (C=O) groups excluding carboxylic acids is 1. The van der Waals surface area contributed by atoms with Crippen LogP contribution in [0.1, 0.15) is 15.2 Å². The van der Waals surface area contributed by atoms with Crippen molar-refractivity contribution in [1.82, 2.24) is 5.32 Å². The average molecular weight is 300 g/mol. The topological polar surface area (TPSA) is 64.4 Å². The Morgan fingerprint density at radius 3 is 2.90 bits per heavy atom. The third-order valence-electron chi connectivity index (χ3n) is 2.57. The number of amides is 1. The Morgan fingerprint density at radius 2 is 2.14 bits per heavy atom. The molecule has 5 heteroatoms. The zero-order valence-corrected chi connectivity index (χ0v) is 12.3. The molecular formula is C16H16N2O2S. The maximum atomic E-state index is 11.9. The summed E-state index contributed by atoms with van der Waals surface area (Å²) < 4.78 is 5.50. The Bertz CT molecular complexity index is 641. The highest BCUT2D eigenvalue weighted by Crippen LogP contribution is 2.13. The number of hydrogen-bond acceptors (Lipinski definition) is 4. The quantitative estimate of drug-likeness (QED) is 0.654. The van der Waals surface area contributed by atoms with E-state index in [4.69, 9.17) is 10.5 Å². The van der Waals surface area contributed by atoms with Crippen LogP contribution in [0.4, 0.5) is 0 Å². The second-order valence-electron chi connectivity index (χ2n) is 4.12. The minimum atomic E-state index is -0.122. The van der Waals surface area contributed by atoms with Gasteiger partial charge in [0.1, 0.15) is 12.4 Å². The van der Waals surface area contributed by atoms with Gasteiger partial charge in [-0.25, -0.2) is 0 Å². The van der Waals surface area contributed by atoms with Crippen molar-refractivity contribution in [2.45, 2.75) is 0 Å². The lowest BCUT2D eigenvalue weighted by atomic mass is 10.3. The van der Waals surface area contributed by atoms with Gasteiger partial charge >= 0.3 is 0 Å². The highest BCUT2D eigenvalue weighted by atomic mass is 32.1. The van der Waals surface area contributed by atoms with Gasteiger partial charge in [-0.05, 0) is 18.2 Å². The summed E-state index contributed by atoms with van der Waals surface area (Å²) in [5.74, 6) is 6.34. The van der Waals surface area contributed by atoms with E-state index in [0.29, 0.717) is 25.3 Å². The monoisotopic (exact) mass is 300 g/mol. The lowest BCUT2D eigenvalue weighted by molar-refractivity contribution is 0.0947. The predicted molar refractivity (Wildman–Crippen MR) is 84.5 cm³/mol. The maximum absolute atomic E-state index is 11.9. The van der Waals surface area contributed by atoms with Crippen molar-refractivity contribution in [3.05, 3.63) is 52.2 Å². The molecule has 0 spiro atoms. The molecule has 0 unspecified atom stereocenters. The molecule has 1 heterocycles. The zero-order chi connectivity index (χ0) is 14.9. The second-order valence-corrected chi connectivity index (χ2v) is 5.03. The zero-order valence-electron chi connectivity index (χ0n) is 11.5. The molecule has 3 N–H and O–H groups in total. The highest BCUT2D eigenvalue weighted by Gasteiger charge is 2.07. The number of hydrogen-bond donors (Lipinski definition) is 2. The molecule has 0 saturated carbocycles. The number of rotatable bonds is 5. The maximum Gasteiger partial charge on any atom is 0.252 e. The van der Waals surface area contributed by atoms with Crippen molar-refractivity contribution < 1.29 is 9.53 Å². The molecule has 0 aliphatic heterocycles. The Labute approximate surface area is 127 Å². The van der Waals surface area contributed by atoms with Crippen molar-refractivity contribution in [2.24, 2.45) is 5.73 Å². The van der Waals surface area contributed by atoms with Gasteiger partial charge < -0.3 is 15.8 Å². The molecule has 0 saturated heterocycles. The summed E-state index contributed by atoms with van der Waals surface area (Å²) in [6.07, 6.45) is 0. The fourth-order valence-electron chi connectivity index (χ4n) is 1.61. The van der Waals surface area contributed by atoms with Gasteiger partial charge in [-0.2, -0.15) is 0 Å². The number of para-hydroxylation sites is 1. The molecule has 1 aromatic carbocycles. The normalized spacial score (nSPS) is 9.57. The molecule has 108 valence electrons. The fraction of sp³-hybridized carbons (Fsp3) is 0.188. The minimum Gasteiger partial charge on any atom is -0.492 e. The van der Waals surface area contributed by atoms with E-state index < -0.39 is 0 Å². The van der Waals surface area contributed by atoms with E-state index in [1.54, 1.807) is 11.4 Å². The largest absolute Gasteiger partial charge is 0.492 e. The van der Waals surface area contributed by atoms with Crippen molar-refractivity contribution >= 4 is 17.2 Å². The average Bonchev–Trinajstić information content (AvgIpc) is 2.99. The molecule has 2 aromatic rings. The van der Waals surface area contributed by atoms with Crippen LogP contribution in [-0.2, 0) is 0 Å². The Balaban J connectivity index is 1.75. The third-order valence-corrected chi connectivity index (χ3v) is 3.42. The number of ether oxygens (including phenoxy) is 1. The summed E-state index contributed by atoms with van der Waals surface area (Å²) in [5, 5.41) is 4.59. The molecule has 4 nitrogen and oxygen atoms in total. The first kappa shape index (κ1) is 15.1. The van der Waals surface area contributed by atoms with Gasteiger partial charge in [0.05, 0.1) is 23.5 Å². The summed E-state index contributed by atoms with van der Waals surface area (Å²) in [6.45, 7) is 1.20. The molecular weight excluding hydrogens is 284 g/mol. The van der Waals surface area contributed by atoms with Crippen LogP contribution in [-0.4, -0.2) is 25.6 Å². The van der Waals surface area contributed by atoms with Crippen molar-refractivity contribution in [2.75, 3.05) is 19.7 Å². The summed E-state index contributed by atoms with van der Waals surface area (Å²) >= 11 is 1.43. The van der Waals surface area contributed by atoms with E-state index in [9.17, 15) is 4.79 Å². The van der Waals surface area contributed by atoms with E-state index >= 15 is 0 Å². The Kier molecular flexibility index (Phi) is 5.83.